The van der Waals surface area contributed by atoms with Crippen molar-refractivity contribution in [3.05, 3.63) is 17.5 Å². The number of halogens is 3. The normalized spacial score (nSPS) is 12.5. The minimum absolute atomic E-state index is 0.0172. The number of rotatable bonds is 1. The van der Waals surface area contributed by atoms with Crippen LogP contribution in [-0.4, -0.2) is 9.78 Å². The lowest BCUT2D eigenvalue weighted by atomic mass is 10.1. The van der Waals surface area contributed by atoms with Gasteiger partial charge >= 0.3 is 6.30 Å². The van der Waals surface area contributed by atoms with Crippen molar-refractivity contribution >= 4 is 0 Å². The minimum atomic E-state index is -4.40. The summed E-state index contributed by atoms with van der Waals surface area (Å²) in [5, 5.41) is 3.47. The fourth-order valence-corrected chi connectivity index (χ4v) is 1.17. The second-order valence-electron chi connectivity index (χ2n) is 3.26. The smallest absolute Gasteiger partial charge is 0.178 e. The van der Waals surface area contributed by atoms with E-state index in [0.29, 0.717) is 11.3 Å². The number of alkyl halides is 3. The molecule has 0 bridgehead atoms. The van der Waals surface area contributed by atoms with E-state index < -0.39 is 6.30 Å². The Kier molecular flexibility index (Phi) is 2.36. The predicted octanol–water partition coefficient (Wildman–Crippen LogP) is 2.79. The molecule has 5 heteroatoms. The maximum absolute atomic E-state index is 12.1. The Bertz CT molecular complexity index is 299. The molecule has 1 aromatic rings. The molecule has 1 heterocycles. The van der Waals surface area contributed by atoms with Gasteiger partial charge in [-0.05, 0) is 18.4 Å². The zero-order chi connectivity index (χ0) is 10.2. The molecule has 0 radical (unpaired) electrons. The highest BCUT2D eigenvalue weighted by molar-refractivity contribution is 5.18. The molecule has 74 valence electrons. The van der Waals surface area contributed by atoms with Crippen molar-refractivity contribution in [3.8, 4) is 0 Å². The first-order valence-corrected chi connectivity index (χ1v) is 3.95. The Balaban J connectivity index is 3.10. The van der Waals surface area contributed by atoms with Crippen LogP contribution in [0.5, 0.6) is 0 Å². The van der Waals surface area contributed by atoms with E-state index in [2.05, 4.69) is 5.10 Å². The molecule has 0 saturated heterocycles. The molecule has 0 N–H and O–H groups in total. The lowest BCUT2D eigenvalue weighted by Crippen LogP contribution is -2.17. The molecule has 13 heavy (non-hydrogen) atoms. The number of aryl methyl sites for hydroxylation is 1. The van der Waals surface area contributed by atoms with Crippen molar-refractivity contribution in [3.63, 3.8) is 0 Å². The Morgan fingerprint density at radius 1 is 1.38 bits per heavy atom. The van der Waals surface area contributed by atoms with Crippen LogP contribution >= 0.6 is 0 Å². The van der Waals surface area contributed by atoms with Gasteiger partial charge in [-0.1, -0.05) is 13.8 Å². The fraction of sp³-hybridized carbons (Fsp3) is 0.625. The van der Waals surface area contributed by atoms with Gasteiger partial charge in [0.25, 0.3) is 0 Å². The molecule has 0 aliphatic heterocycles. The molecule has 0 amide bonds. The van der Waals surface area contributed by atoms with E-state index in [1.807, 2.05) is 13.8 Å². The SMILES string of the molecule is Cc1cn(C(F)(F)F)nc1C(C)C. The third kappa shape index (κ3) is 2.02. The van der Waals surface area contributed by atoms with Gasteiger partial charge < -0.3 is 0 Å². The summed E-state index contributed by atoms with van der Waals surface area (Å²) in [5.41, 5.74) is 1.07. The maximum atomic E-state index is 12.1. The maximum Gasteiger partial charge on any atom is 0.504 e. The van der Waals surface area contributed by atoms with Crippen LogP contribution in [0.2, 0.25) is 0 Å². The van der Waals surface area contributed by atoms with Gasteiger partial charge in [-0.2, -0.15) is 9.78 Å². The second kappa shape index (κ2) is 3.05. The van der Waals surface area contributed by atoms with E-state index in [1.165, 1.54) is 0 Å². The third-order valence-electron chi connectivity index (χ3n) is 1.74. The summed E-state index contributed by atoms with van der Waals surface area (Å²) in [6.45, 7) is 5.26. The van der Waals surface area contributed by atoms with Gasteiger partial charge in [-0.15, -0.1) is 13.2 Å². The van der Waals surface area contributed by atoms with E-state index in [1.54, 1.807) is 6.92 Å². The Labute approximate surface area is 74.4 Å². The highest BCUT2D eigenvalue weighted by atomic mass is 19.4. The molecule has 0 spiro atoms. The average Bonchev–Trinajstić information content (AvgIpc) is 2.29. The van der Waals surface area contributed by atoms with Gasteiger partial charge in [0.2, 0.25) is 0 Å². The molecule has 0 saturated carbocycles. The van der Waals surface area contributed by atoms with Crippen LogP contribution in [0, 0.1) is 6.92 Å². The van der Waals surface area contributed by atoms with Crippen molar-refractivity contribution in [1.29, 1.82) is 0 Å². The van der Waals surface area contributed by atoms with E-state index in [4.69, 9.17) is 0 Å². The molecular formula is C8H11F3N2. The summed E-state index contributed by atoms with van der Waals surface area (Å²) in [5.74, 6) is 0.0172. The molecule has 0 aromatic carbocycles. The standard InChI is InChI=1S/C8H11F3N2/c1-5(2)7-6(3)4-13(12-7)8(9,10)11/h4-5H,1-3H3. The minimum Gasteiger partial charge on any atom is -0.178 e. The summed E-state index contributed by atoms with van der Waals surface area (Å²) in [4.78, 5) is 0. The van der Waals surface area contributed by atoms with E-state index >= 15 is 0 Å². The summed E-state index contributed by atoms with van der Waals surface area (Å²) < 4.78 is 36.5. The zero-order valence-corrected chi connectivity index (χ0v) is 7.68. The quantitative estimate of drug-likeness (QED) is 0.669. The molecule has 0 fully saturated rings. The van der Waals surface area contributed by atoms with Gasteiger partial charge in [-0.25, -0.2) is 0 Å². The van der Waals surface area contributed by atoms with E-state index in [0.717, 1.165) is 6.20 Å². The third-order valence-corrected chi connectivity index (χ3v) is 1.74. The highest BCUT2D eigenvalue weighted by Crippen LogP contribution is 2.25. The van der Waals surface area contributed by atoms with Crippen LogP contribution in [0.15, 0.2) is 6.20 Å². The molecular weight excluding hydrogens is 181 g/mol. The first kappa shape index (κ1) is 10.1. The molecule has 0 unspecified atom stereocenters. The largest absolute Gasteiger partial charge is 0.504 e. The predicted molar refractivity (Wildman–Crippen MR) is 42.4 cm³/mol. The highest BCUT2D eigenvalue weighted by Gasteiger charge is 2.32. The first-order chi connectivity index (χ1) is 5.82. The topological polar surface area (TPSA) is 17.8 Å². The molecule has 2 nitrogen and oxygen atoms in total. The molecule has 1 rings (SSSR count). The number of aromatic nitrogens is 2. The van der Waals surface area contributed by atoms with Crippen LogP contribution in [0.1, 0.15) is 31.0 Å². The molecule has 0 atom stereocenters. The fourth-order valence-electron chi connectivity index (χ4n) is 1.17. The molecule has 1 aromatic heterocycles. The van der Waals surface area contributed by atoms with Crippen molar-refractivity contribution in [1.82, 2.24) is 9.78 Å². The van der Waals surface area contributed by atoms with Crippen molar-refractivity contribution in [2.24, 2.45) is 0 Å². The first-order valence-electron chi connectivity index (χ1n) is 3.95. The van der Waals surface area contributed by atoms with Gasteiger partial charge in [0.1, 0.15) is 0 Å². The average molecular weight is 192 g/mol. The number of nitrogens with zero attached hydrogens (tertiary/aromatic N) is 2. The summed E-state index contributed by atoms with van der Waals surface area (Å²) in [7, 11) is 0. The molecule has 0 aliphatic rings. The van der Waals surface area contributed by atoms with E-state index in [-0.39, 0.29) is 10.6 Å². The van der Waals surface area contributed by atoms with Crippen LogP contribution in [0.4, 0.5) is 13.2 Å². The van der Waals surface area contributed by atoms with Gasteiger partial charge in [0, 0.05) is 6.20 Å². The monoisotopic (exact) mass is 192 g/mol. The Hall–Kier alpha value is -1.00. The lowest BCUT2D eigenvalue weighted by Gasteiger charge is -2.05. The van der Waals surface area contributed by atoms with Gasteiger partial charge in [0.05, 0.1) is 5.69 Å². The van der Waals surface area contributed by atoms with E-state index in [9.17, 15) is 13.2 Å². The van der Waals surface area contributed by atoms with Crippen LogP contribution in [0.3, 0.4) is 0 Å². The second-order valence-corrected chi connectivity index (χ2v) is 3.26. The summed E-state index contributed by atoms with van der Waals surface area (Å²) in [6, 6.07) is 0. The molecule has 0 aliphatic carbocycles. The van der Waals surface area contributed by atoms with Crippen LogP contribution < -0.4 is 0 Å². The number of hydrogen-bond acceptors (Lipinski definition) is 1. The van der Waals surface area contributed by atoms with Crippen molar-refractivity contribution < 1.29 is 13.2 Å². The Morgan fingerprint density at radius 2 is 1.92 bits per heavy atom. The zero-order valence-electron chi connectivity index (χ0n) is 7.68. The van der Waals surface area contributed by atoms with Crippen LogP contribution in [0.25, 0.3) is 0 Å². The summed E-state index contributed by atoms with van der Waals surface area (Å²) >= 11 is 0. The Morgan fingerprint density at radius 3 is 2.15 bits per heavy atom. The van der Waals surface area contributed by atoms with Gasteiger partial charge in [-0.3, -0.25) is 0 Å². The van der Waals surface area contributed by atoms with Crippen LogP contribution in [-0.2, 0) is 6.30 Å². The number of hydrogen-bond donors (Lipinski definition) is 0. The lowest BCUT2D eigenvalue weighted by molar-refractivity contribution is -0.212. The van der Waals surface area contributed by atoms with Gasteiger partial charge in [0.15, 0.2) is 0 Å². The van der Waals surface area contributed by atoms with Crippen molar-refractivity contribution in [2.45, 2.75) is 33.0 Å². The van der Waals surface area contributed by atoms with Crippen molar-refractivity contribution in [2.75, 3.05) is 0 Å². The summed E-state index contributed by atoms with van der Waals surface area (Å²) in [6.07, 6.45) is -3.40.